The average molecular weight is 510 g/mol. The molecule has 2 N–H and O–H groups in total. The second kappa shape index (κ2) is 11.9. The van der Waals surface area contributed by atoms with Gasteiger partial charge in [-0.2, -0.15) is 5.26 Å². The Morgan fingerprint density at radius 2 is 2.06 bits per heavy atom. The van der Waals surface area contributed by atoms with Crippen molar-refractivity contribution in [2.24, 2.45) is 0 Å². The summed E-state index contributed by atoms with van der Waals surface area (Å²) in [6, 6.07) is 14.4. The van der Waals surface area contributed by atoms with Gasteiger partial charge in [-0.25, -0.2) is 9.97 Å². The molecule has 1 atom stereocenters. The van der Waals surface area contributed by atoms with Crippen LogP contribution in [0.3, 0.4) is 0 Å². The predicted octanol–water partition coefficient (Wildman–Crippen LogP) is 4.08. The van der Waals surface area contributed by atoms with Crippen LogP contribution in [0.5, 0.6) is 0 Å². The minimum atomic E-state index is -3.58. The molecule has 2 aromatic carbocycles. The second-order valence-corrected chi connectivity index (χ2v) is 10.5. The standard InChI is InChI=1S/C19H16ClN2O3P.C6H9N3/c1-12-7-13(5-6-21)9-15(8-12)26(24,25-2)19-16-10-14(20)3-4-17(16)22-18(19)11-23;1-7-4-6-2-3-8-5-9-6/h3-4,7-11,22H,5H2,1-2H3;2-3,5,7H,4H2,1H3. The quantitative estimate of drug-likeness (QED) is 0.284. The van der Waals surface area contributed by atoms with Crippen LogP contribution in [-0.4, -0.2) is 35.4 Å². The van der Waals surface area contributed by atoms with Crippen molar-refractivity contribution in [3.63, 3.8) is 0 Å². The van der Waals surface area contributed by atoms with Crippen LogP contribution in [0, 0.1) is 18.3 Å². The summed E-state index contributed by atoms with van der Waals surface area (Å²) in [6.45, 7) is 2.67. The molecule has 180 valence electrons. The lowest BCUT2D eigenvalue weighted by atomic mass is 10.1. The summed E-state index contributed by atoms with van der Waals surface area (Å²) in [5.41, 5.74) is 3.46. The molecule has 2 heterocycles. The summed E-state index contributed by atoms with van der Waals surface area (Å²) in [7, 11) is -0.342. The first-order valence-electron chi connectivity index (χ1n) is 10.7. The number of benzene rings is 2. The molecule has 4 rings (SSSR count). The van der Waals surface area contributed by atoms with E-state index in [0.717, 1.165) is 23.4 Å². The van der Waals surface area contributed by atoms with Gasteiger partial charge in [0.25, 0.3) is 7.37 Å². The first-order chi connectivity index (χ1) is 16.9. The fourth-order valence-electron chi connectivity index (χ4n) is 3.71. The molecule has 8 nitrogen and oxygen atoms in total. The van der Waals surface area contributed by atoms with Gasteiger partial charge in [-0.3, -0.25) is 9.36 Å². The van der Waals surface area contributed by atoms with E-state index in [1.54, 1.807) is 42.9 Å². The Morgan fingerprint density at radius 3 is 2.69 bits per heavy atom. The molecular formula is C25H25ClN5O3P. The predicted molar refractivity (Wildman–Crippen MR) is 138 cm³/mol. The molecule has 0 radical (unpaired) electrons. The number of halogens is 1. The Labute approximate surface area is 208 Å². The summed E-state index contributed by atoms with van der Waals surface area (Å²) in [4.78, 5) is 22.4. The molecule has 0 saturated heterocycles. The van der Waals surface area contributed by atoms with Crippen LogP contribution in [0.25, 0.3) is 10.9 Å². The van der Waals surface area contributed by atoms with Gasteiger partial charge >= 0.3 is 0 Å². The van der Waals surface area contributed by atoms with Crippen molar-refractivity contribution in [1.82, 2.24) is 20.3 Å². The van der Waals surface area contributed by atoms with E-state index in [4.69, 9.17) is 21.4 Å². The molecule has 0 amide bonds. The number of carbonyl (C=O) groups excluding carboxylic acids is 1. The maximum Gasteiger partial charge on any atom is 0.263 e. The number of H-pyrrole nitrogens is 1. The number of aldehydes is 1. The monoisotopic (exact) mass is 509 g/mol. The van der Waals surface area contributed by atoms with Crippen molar-refractivity contribution in [3.8, 4) is 6.07 Å². The van der Waals surface area contributed by atoms with E-state index in [9.17, 15) is 9.36 Å². The average Bonchev–Trinajstić information content (AvgIpc) is 3.23. The Hall–Kier alpha value is -3.34. The molecule has 0 aliphatic carbocycles. The molecule has 1 unspecified atom stereocenters. The van der Waals surface area contributed by atoms with Crippen LogP contribution in [0.15, 0.2) is 55.0 Å². The van der Waals surface area contributed by atoms with Crippen molar-refractivity contribution in [3.05, 3.63) is 82.5 Å². The molecule has 0 spiro atoms. The van der Waals surface area contributed by atoms with Crippen molar-refractivity contribution in [1.29, 1.82) is 5.26 Å². The number of aryl methyl sites for hydroxylation is 1. The van der Waals surface area contributed by atoms with Gasteiger partial charge in [-0.05, 0) is 61.5 Å². The number of nitrogens with one attached hydrogen (secondary N) is 2. The van der Waals surface area contributed by atoms with Crippen LogP contribution in [0.1, 0.15) is 27.3 Å². The fraction of sp³-hybridized carbons (Fsp3) is 0.200. The van der Waals surface area contributed by atoms with Crippen LogP contribution in [0.4, 0.5) is 0 Å². The molecule has 4 aromatic rings. The van der Waals surface area contributed by atoms with Crippen LogP contribution < -0.4 is 15.9 Å². The van der Waals surface area contributed by atoms with Gasteiger partial charge in [0.2, 0.25) is 0 Å². The zero-order chi connectivity index (χ0) is 25.4. The van der Waals surface area contributed by atoms with Gasteiger partial charge in [0.1, 0.15) is 6.33 Å². The smallest absolute Gasteiger partial charge is 0.263 e. The SMILES string of the molecule is CNCc1ccncn1.COP(=O)(c1cc(C)cc(CC#N)c1)c1c(C=O)[nH]c2ccc(Cl)cc12. The van der Waals surface area contributed by atoms with Gasteiger partial charge in [0, 0.05) is 41.1 Å². The van der Waals surface area contributed by atoms with E-state index < -0.39 is 7.37 Å². The van der Waals surface area contributed by atoms with Gasteiger partial charge in [0.05, 0.1) is 29.2 Å². The molecular weight excluding hydrogens is 485 g/mol. The topological polar surface area (TPSA) is 121 Å². The van der Waals surface area contributed by atoms with Gasteiger partial charge < -0.3 is 14.8 Å². The van der Waals surface area contributed by atoms with E-state index in [1.807, 2.05) is 26.1 Å². The third-order valence-corrected chi connectivity index (χ3v) is 7.93. The molecule has 0 fully saturated rings. The van der Waals surface area contributed by atoms with Crippen LogP contribution in [-0.2, 0) is 22.1 Å². The number of carbonyl (C=O) groups is 1. The lowest BCUT2D eigenvalue weighted by molar-refractivity contribution is 0.112. The van der Waals surface area contributed by atoms with Crippen LogP contribution >= 0.6 is 19.0 Å². The summed E-state index contributed by atoms with van der Waals surface area (Å²) >= 11 is 6.11. The number of aromatic nitrogens is 3. The van der Waals surface area contributed by atoms with Crippen molar-refractivity contribution < 1.29 is 13.9 Å². The van der Waals surface area contributed by atoms with E-state index >= 15 is 0 Å². The minimum Gasteiger partial charge on any atom is -0.352 e. The van der Waals surface area contributed by atoms with Crippen LogP contribution in [0.2, 0.25) is 5.02 Å². The Kier molecular flexibility index (Phi) is 8.91. The molecule has 2 aromatic heterocycles. The highest BCUT2D eigenvalue weighted by Crippen LogP contribution is 2.47. The van der Waals surface area contributed by atoms with E-state index in [1.165, 1.54) is 7.11 Å². The third kappa shape index (κ3) is 6.02. The highest BCUT2D eigenvalue weighted by Gasteiger charge is 2.34. The fourth-order valence-corrected chi connectivity index (χ4v) is 6.17. The number of nitrogens with zero attached hydrogens (tertiary/aromatic N) is 3. The van der Waals surface area contributed by atoms with Gasteiger partial charge in [-0.15, -0.1) is 0 Å². The highest BCUT2D eigenvalue weighted by molar-refractivity contribution is 7.75. The Balaban J connectivity index is 0.000000320. The normalized spacial score (nSPS) is 12.3. The number of aromatic amines is 1. The molecule has 10 heteroatoms. The summed E-state index contributed by atoms with van der Waals surface area (Å²) < 4.78 is 19.4. The largest absolute Gasteiger partial charge is 0.352 e. The highest BCUT2D eigenvalue weighted by atomic mass is 35.5. The number of nitriles is 1. The summed E-state index contributed by atoms with van der Waals surface area (Å²) in [5.74, 6) is 0. The lowest BCUT2D eigenvalue weighted by Gasteiger charge is -2.18. The van der Waals surface area contributed by atoms with E-state index in [-0.39, 0.29) is 12.1 Å². The second-order valence-electron chi connectivity index (χ2n) is 7.67. The van der Waals surface area contributed by atoms with Crippen molar-refractivity contribution >= 4 is 46.8 Å². The summed E-state index contributed by atoms with van der Waals surface area (Å²) in [6.07, 6.45) is 4.10. The van der Waals surface area contributed by atoms with Crippen molar-refractivity contribution in [2.45, 2.75) is 19.9 Å². The maximum absolute atomic E-state index is 13.9. The maximum atomic E-state index is 13.9. The zero-order valence-electron chi connectivity index (χ0n) is 19.6. The van der Waals surface area contributed by atoms with E-state index in [2.05, 4.69) is 26.3 Å². The molecule has 0 bridgehead atoms. The molecule has 35 heavy (non-hydrogen) atoms. The van der Waals surface area contributed by atoms with E-state index in [0.29, 0.717) is 32.8 Å². The third-order valence-electron chi connectivity index (χ3n) is 5.18. The van der Waals surface area contributed by atoms with Gasteiger partial charge in [0.15, 0.2) is 6.29 Å². The molecule has 0 saturated carbocycles. The first kappa shape index (κ1) is 26.3. The summed E-state index contributed by atoms with van der Waals surface area (Å²) in [5, 5.41) is 13.8. The zero-order valence-corrected chi connectivity index (χ0v) is 21.2. The number of fused-ring (bicyclic) bond motifs is 1. The Bertz CT molecular complexity index is 1420. The molecule has 0 aliphatic heterocycles. The van der Waals surface area contributed by atoms with Crippen molar-refractivity contribution in [2.75, 3.05) is 14.2 Å². The number of hydrogen-bond donors (Lipinski definition) is 2. The molecule has 0 aliphatic rings. The Morgan fingerprint density at radius 1 is 1.26 bits per heavy atom. The first-order valence-corrected chi connectivity index (χ1v) is 12.7. The number of rotatable bonds is 7. The minimum absolute atomic E-state index is 0.191. The lowest BCUT2D eigenvalue weighted by Crippen LogP contribution is -2.20. The number of hydrogen-bond acceptors (Lipinski definition) is 7. The van der Waals surface area contributed by atoms with Gasteiger partial charge in [-0.1, -0.05) is 17.7 Å².